The number of carbonyl (C=O) groups excluding carboxylic acids is 1. The molecule has 0 fully saturated rings. The molecule has 3 aromatic rings. The first-order valence-corrected chi connectivity index (χ1v) is 17.1. The molecule has 0 saturated carbocycles. The number of amides is 1. The second-order valence-corrected chi connectivity index (χ2v) is 17.7. The lowest BCUT2D eigenvalue weighted by Crippen LogP contribution is -2.54. The standard InChI is InChI=1S/C31H38BrClFNO3Si/c1-30(2,3)39(6,7)38-21-31(4,26-19-24(32)15-18-27(26)34)35(20-22-13-16-25(37-5)17-14-22)29(36)28(33)23-11-9-8-10-12-23/h8-19,28H,20-21H2,1-7H3/t28?,31-/m0/s1. The van der Waals surface area contributed by atoms with Crippen LogP contribution in [0.3, 0.4) is 0 Å². The molecular formula is C31H38BrClFNO3Si. The van der Waals surface area contributed by atoms with Crippen molar-refractivity contribution in [1.29, 1.82) is 0 Å². The molecule has 39 heavy (non-hydrogen) atoms. The molecule has 4 nitrogen and oxygen atoms in total. The number of ether oxygens (including phenoxy) is 1. The van der Waals surface area contributed by atoms with Gasteiger partial charge < -0.3 is 14.1 Å². The summed E-state index contributed by atoms with van der Waals surface area (Å²) < 4.78 is 28.4. The van der Waals surface area contributed by atoms with Crippen LogP contribution in [-0.2, 0) is 21.3 Å². The van der Waals surface area contributed by atoms with Crippen molar-refractivity contribution in [2.45, 2.75) is 63.3 Å². The van der Waals surface area contributed by atoms with Gasteiger partial charge in [0.25, 0.3) is 0 Å². The molecule has 3 rings (SSSR count). The summed E-state index contributed by atoms with van der Waals surface area (Å²) in [6.45, 7) is 12.9. The van der Waals surface area contributed by atoms with Crippen molar-refractivity contribution in [2.24, 2.45) is 0 Å². The summed E-state index contributed by atoms with van der Waals surface area (Å²) in [7, 11) is -0.671. The van der Waals surface area contributed by atoms with Crippen molar-refractivity contribution in [3.8, 4) is 5.75 Å². The molecule has 8 heteroatoms. The van der Waals surface area contributed by atoms with Gasteiger partial charge in [-0.15, -0.1) is 11.6 Å². The zero-order chi connectivity index (χ0) is 29.0. The smallest absolute Gasteiger partial charge is 0.246 e. The molecule has 1 amide bonds. The van der Waals surface area contributed by atoms with Crippen LogP contribution in [0.15, 0.2) is 77.3 Å². The van der Waals surface area contributed by atoms with Gasteiger partial charge >= 0.3 is 0 Å². The van der Waals surface area contributed by atoms with Gasteiger partial charge in [0.2, 0.25) is 5.91 Å². The molecule has 0 spiro atoms. The summed E-state index contributed by atoms with van der Waals surface area (Å²) in [5, 5.41) is -1.04. The summed E-state index contributed by atoms with van der Waals surface area (Å²) >= 11 is 10.3. The van der Waals surface area contributed by atoms with Gasteiger partial charge in [-0.3, -0.25) is 4.79 Å². The molecule has 0 heterocycles. The Balaban J connectivity index is 2.18. The average molecular weight is 635 g/mol. The quantitative estimate of drug-likeness (QED) is 0.165. The monoisotopic (exact) mass is 633 g/mol. The maximum atomic E-state index is 15.7. The fourth-order valence-corrected chi connectivity index (χ4v) is 5.76. The Morgan fingerprint density at radius 3 is 2.21 bits per heavy atom. The highest BCUT2D eigenvalue weighted by Gasteiger charge is 2.45. The number of hydrogen-bond donors (Lipinski definition) is 0. The van der Waals surface area contributed by atoms with E-state index in [2.05, 4.69) is 49.8 Å². The highest BCUT2D eigenvalue weighted by atomic mass is 79.9. The second-order valence-electron chi connectivity index (χ2n) is 11.5. The van der Waals surface area contributed by atoms with E-state index in [4.69, 9.17) is 20.8 Å². The average Bonchev–Trinajstić information content (AvgIpc) is 2.91. The van der Waals surface area contributed by atoms with E-state index in [1.807, 2.05) is 61.5 Å². The van der Waals surface area contributed by atoms with Crippen LogP contribution < -0.4 is 4.74 Å². The highest BCUT2D eigenvalue weighted by Crippen LogP contribution is 2.41. The van der Waals surface area contributed by atoms with Crippen LogP contribution >= 0.6 is 27.5 Å². The number of methoxy groups -OCH3 is 1. The fourth-order valence-electron chi connectivity index (χ4n) is 4.06. The molecule has 210 valence electrons. The van der Waals surface area contributed by atoms with Crippen molar-refractivity contribution >= 4 is 41.8 Å². The van der Waals surface area contributed by atoms with Crippen LogP contribution in [0.1, 0.15) is 49.8 Å². The van der Waals surface area contributed by atoms with Crippen molar-refractivity contribution in [3.05, 3.63) is 99.8 Å². The lowest BCUT2D eigenvalue weighted by atomic mass is 9.89. The van der Waals surface area contributed by atoms with Gasteiger partial charge in [-0.25, -0.2) is 4.39 Å². The summed E-state index contributed by atoms with van der Waals surface area (Å²) in [6.07, 6.45) is 0. The van der Waals surface area contributed by atoms with Gasteiger partial charge in [-0.05, 0) is 66.5 Å². The molecule has 3 aromatic carbocycles. The summed E-state index contributed by atoms with van der Waals surface area (Å²) in [6, 6.07) is 21.5. The minimum Gasteiger partial charge on any atom is -0.497 e. The lowest BCUT2D eigenvalue weighted by molar-refractivity contribution is -0.140. The Labute approximate surface area is 246 Å². The van der Waals surface area contributed by atoms with E-state index in [9.17, 15) is 4.79 Å². The van der Waals surface area contributed by atoms with E-state index < -0.39 is 25.1 Å². The van der Waals surface area contributed by atoms with E-state index in [1.165, 1.54) is 6.07 Å². The topological polar surface area (TPSA) is 38.8 Å². The summed E-state index contributed by atoms with van der Waals surface area (Å²) in [5.41, 5.74) is 0.707. The number of nitrogens with zero attached hydrogens (tertiary/aromatic N) is 1. The Bertz CT molecular complexity index is 1270. The van der Waals surface area contributed by atoms with Crippen LogP contribution in [0.4, 0.5) is 4.39 Å². The Morgan fingerprint density at radius 1 is 1.03 bits per heavy atom. The summed E-state index contributed by atoms with van der Waals surface area (Å²) in [5.74, 6) is -0.0459. The van der Waals surface area contributed by atoms with Crippen LogP contribution in [-0.4, -0.2) is 32.8 Å². The maximum absolute atomic E-state index is 15.7. The van der Waals surface area contributed by atoms with E-state index >= 15 is 4.39 Å². The zero-order valence-corrected chi connectivity index (χ0v) is 27.1. The molecule has 0 aliphatic carbocycles. The molecule has 0 aromatic heterocycles. The van der Waals surface area contributed by atoms with Gasteiger partial charge in [0.1, 0.15) is 16.9 Å². The van der Waals surface area contributed by atoms with E-state index in [-0.39, 0.29) is 24.1 Å². The SMILES string of the molecule is COc1ccc(CN(C(=O)C(Cl)c2ccccc2)[C@@](C)(CO[Si](C)(C)C(C)(C)C)c2cc(Br)ccc2F)cc1. The molecule has 1 unspecified atom stereocenters. The first-order chi connectivity index (χ1) is 18.2. The third-order valence-electron chi connectivity index (χ3n) is 7.70. The number of rotatable bonds is 10. The van der Waals surface area contributed by atoms with E-state index in [0.29, 0.717) is 21.3 Å². The molecule has 0 aliphatic rings. The molecule has 0 N–H and O–H groups in total. The van der Waals surface area contributed by atoms with E-state index in [1.54, 1.807) is 24.1 Å². The second kappa shape index (κ2) is 12.5. The first kappa shape index (κ1) is 31.3. The van der Waals surface area contributed by atoms with Gasteiger partial charge in [0.05, 0.1) is 19.3 Å². The predicted octanol–water partition coefficient (Wildman–Crippen LogP) is 8.84. The van der Waals surface area contributed by atoms with Crippen molar-refractivity contribution in [3.63, 3.8) is 0 Å². The number of benzene rings is 3. The minimum atomic E-state index is -2.28. The summed E-state index contributed by atoms with van der Waals surface area (Å²) in [4.78, 5) is 16.0. The van der Waals surface area contributed by atoms with E-state index in [0.717, 1.165) is 5.56 Å². The van der Waals surface area contributed by atoms with Crippen molar-refractivity contribution in [2.75, 3.05) is 13.7 Å². The maximum Gasteiger partial charge on any atom is 0.246 e. The normalized spacial score (nSPS) is 14.4. The largest absolute Gasteiger partial charge is 0.497 e. The van der Waals surface area contributed by atoms with Gasteiger partial charge in [0.15, 0.2) is 8.32 Å². The van der Waals surface area contributed by atoms with Crippen LogP contribution in [0.5, 0.6) is 5.75 Å². The first-order valence-electron chi connectivity index (χ1n) is 12.9. The number of carbonyl (C=O) groups is 1. The zero-order valence-electron chi connectivity index (χ0n) is 23.7. The Hall–Kier alpha value is -2.19. The molecule has 0 saturated heterocycles. The number of hydrogen-bond acceptors (Lipinski definition) is 3. The fraction of sp³-hybridized carbons (Fsp3) is 0.387. The Morgan fingerprint density at radius 2 is 1.64 bits per heavy atom. The highest BCUT2D eigenvalue weighted by molar-refractivity contribution is 9.10. The molecular weight excluding hydrogens is 597 g/mol. The lowest BCUT2D eigenvalue weighted by Gasteiger charge is -2.46. The van der Waals surface area contributed by atoms with Gasteiger partial charge in [-0.1, -0.05) is 79.2 Å². The number of halogens is 3. The molecule has 0 bridgehead atoms. The Kier molecular flexibility index (Phi) is 10.1. The third kappa shape index (κ3) is 7.31. The third-order valence-corrected chi connectivity index (χ3v) is 13.1. The molecule has 0 radical (unpaired) electrons. The molecule has 2 atom stereocenters. The number of alkyl halides is 1. The van der Waals surface area contributed by atoms with Gasteiger partial charge in [-0.2, -0.15) is 0 Å². The van der Waals surface area contributed by atoms with Crippen LogP contribution in [0.2, 0.25) is 18.1 Å². The van der Waals surface area contributed by atoms with Gasteiger partial charge in [0, 0.05) is 16.6 Å². The minimum absolute atomic E-state index is 0.0758. The van der Waals surface area contributed by atoms with Crippen LogP contribution in [0.25, 0.3) is 0 Å². The van der Waals surface area contributed by atoms with Crippen LogP contribution in [0, 0.1) is 5.82 Å². The van der Waals surface area contributed by atoms with Crippen molar-refractivity contribution < 1.29 is 18.3 Å². The molecule has 0 aliphatic heterocycles. The van der Waals surface area contributed by atoms with Crippen molar-refractivity contribution in [1.82, 2.24) is 4.90 Å². The predicted molar refractivity (Wildman–Crippen MR) is 163 cm³/mol.